The molecule has 10 nitrogen and oxygen atoms in total. The Kier molecular flexibility index (Phi) is 18.0. The average Bonchev–Trinajstić information content (AvgIpc) is 3.36. The highest BCUT2D eigenvalue weighted by atomic mass is 16.5. The molecule has 2 aliphatic carbocycles. The molecule has 5 aromatic rings. The standard InChI is InChI=1S/C60H71N3O7/c1-6-28-67-57-44-14-10-15-45(57)38-49-19-13-21-51-40-47-17-11-16-46(58(47)68-29-7-2)39-50-20-12-18-48(37-44)59(50)69-34-32-65-30-26-62(27-31-66-33-35-70-60(49)51)42-52-41-53(22-25-56(52)64)61-55-24-23-54(36-43(55)5)63(8-3)9-4/h10-25,36,41H,6-9,26-35,37-40,42H2,1-5H3. The summed E-state index contributed by atoms with van der Waals surface area (Å²) in [6.45, 7) is 17.9. The van der Waals surface area contributed by atoms with E-state index in [1.165, 1.54) is 5.69 Å². The number of ketones is 1. The number of aryl methyl sites for hydroxylation is 1. The van der Waals surface area contributed by atoms with Gasteiger partial charge in [0, 0.05) is 69.7 Å². The van der Waals surface area contributed by atoms with Crippen molar-refractivity contribution < 1.29 is 33.2 Å². The lowest BCUT2D eigenvalue weighted by molar-refractivity contribution is -0.111. The lowest BCUT2D eigenvalue weighted by Gasteiger charge is -2.24. The van der Waals surface area contributed by atoms with Crippen molar-refractivity contribution in [2.24, 2.45) is 4.99 Å². The van der Waals surface area contributed by atoms with Crippen molar-refractivity contribution in [1.82, 2.24) is 4.90 Å². The summed E-state index contributed by atoms with van der Waals surface area (Å²) in [4.78, 5) is 23.0. The Morgan fingerprint density at radius 1 is 0.586 bits per heavy atom. The highest BCUT2D eigenvalue weighted by Gasteiger charge is 2.23. The molecule has 0 saturated heterocycles. The van der Waals surface area contributed by atoms with Gasteiger partial charge in [-0.15, -0.1) is 0 Å². The van der Waals surface area contributed by atoms with Crippen LogP contribution in [0.15, 0.2) is 120 Å². The first-order valence-electron chi connectivity index (χ1n) is 25.5. The predicted molar refractivity (Wildman–Crippen MR) is 282 cm³/mol. The molecule has 9 rings (SSSR count). The van der Waals surface area contributed by atoms with Crippen molar-refractivity contribution in [3.63, 3.8) is 0 Å². The number of carbonyl (C=O) groups excluding carboxylic acids is 1. The van der Waals surface area contributed by atoms with Crippen molar-refractivity contribution in [1.29, 1.82) is 0 Å². The van der Waals surface area contributed by atoms with Gasteiger partial charge in [-0.25, -0.2) is 4.99 Å². The first-order chi connectivity index (χ1) is 34.3. The van der Waals surface area contributed by atoms with Gasteiger partial charge >= 0.3 is 0 Å². The molecule has 0 unspecified atom stereocenters. The maximum atomic E-state index is 13.4. The number of anilines is 1. The summed E-state index contributed by atoms with van der Waals surface area (Å²) in [6.07, 6.45) is 9.68. The number of para-hydroxylation sites is 4. The number of fused-ring (bicyclic) bond motifs is 12. The number of hydrogen-bond donors (Lipinski definition) is 0. The van der Waals surface area contributed by atoms with Crippen molar-refractivity contribution >= 4 is 22.9 Å². The molecular formula is C60H71N3O7. The van der Waals surface area contributed by atoms with Crippen LogP contribution in [0, 0.1) is 6.92 Å². The third-order valence-corrected chi connectivity index (χ3v) is 13.2. The maximum Gasteiger partial charge on any atom is 0.183 e. The number of aliphatic imine (C=N–C) groups is 1. The third kappa shape index (κ3) is 12.8. The molecule has 2 aliphatic heterocycles. The van der Waals surface area contributed by atoms with E-state index in [-0.39, 0.29) is 5.78 Å². The van der Waals surface area contributed by atoms with E-state index in [0.29, 0.717) is 104 Å². The number of ether oxygens (including phenoxy) is 6. The highest BCUT2D eigenvalue weighted by molar-refractivity contribution is 6.20. The number of benzene rings is 5. The van der Waals surface area contributed by atoms with Crippen LogP contribution in [0.1, 0.15) is 90.6 Å². The second-order valence-corrected chi connectivity index (χ2v) is 18.3. The van der Waals surface area contributed by atoms with Crippen molar-refractivity contribution in [2.45, 2.75) is 73.1 Å². The van der Waals surface area contributed by atoms with Crippen LogP contribution in [0.2, 0.25) is 0 Å². The summed E-state index contributed by atoms with van der Waals surface area (Å²) in [5.41, 5.74) is 13.4. The fourth-order valence-electron chi connectivity index (χ4n) is 9.59. The molecular weight excluding hydrogens is 875 g/mol. The van der Waals surface area contributed by atoms with E-state index in [1.807, 2.05) is 12.2 Å². The lowest BCUT2D eigenvalue weighted by atomic mass is 9.91. The van der Waals surface area contributed by atoms with Gasteiger partial charge in [0.2, 0.25) is 0 Å². The molecule has 70 heavy (non-hydrogen) atoms. The molecule has 0 saturated carbocycles. The minimum Gasteiger partial charge on any atom is -0.493 e. The topological polar surface area (TPSA) is 91.3 Å². The zero-order valence-corrected chi connectivity index (χ0v) is 42.0. The van der Waals surface area contributed by atoms with E-state index in [1.54, 1.807) is 6.08 Å². The summed E-state index contributed by atoms with van der Waals surface area (Å²) in [5, 5.41) is 0. The van der Waals surface area contributed by atoms with Gasteiger partial charge in [0.15, 0.2) is 5.78 Å². The largest absolute Gasteiger partial charge is 0.493 e. The highest BCUT2D eigenvalue weighted by Crippen LogP contribution is 2.39. The minimum atomic E-state index is -0.0168. The average molecular weight is 946 g/mol. The van der Waals surface area contributed by atoms with Gasteiger partial charge in [-0.2, -0.15) is 0 Å². The molecule has 10 heteroatoms. The van der Waals surface area contributed by atoms with Crippen LogP contribution in [0.4, 0.5) is 11.4 Å². The molecule has 0 atom stereocenters. The Balaban J connectivity index is 1.11. The van der Waals surface area contributed by atoms with Crippen LogP contribution in [0.3, 0.4) is 0 Å². The molecule has 0 radical (unpaired) electrons. The van der Waals surface area contributed by atoms with Crippen LogP contribution < -0.4 is 23.8 Å². The van der Waals surface area contributed by atoms with Crippen molar-refractivity contribution in [3.05, 3.63) is 165 Å². The molecule has 0 aromatic heterocycles. The van der Waals surface area contributed by atoms with E-state index in [2.05, 4.69) is 135 Å². The quantitative estimate of drug-likeness (QED) is 0.0878. The molecule has 0 spiro atoms. The Labute approximate surface area is 415 Å². The SMILES string of the molecule is CCCOc1c2cccc1Cc1cccc3c1OCCOCCN(CC1=CC(=Nc4ccc(N(CC)CC)cc4C)C=CC1=O)CCOCCOc1c(cccc1Cc1cccc(c1OCCC)C3)C2. The van der Waals surface area contributed by atoms with E-state index in [4.69, 9.17) is 33.4 Å². The fourth-order valence-corrected chi connectivity index (χ4v) is 9.59. The smallest absolute Gasteiger partial charge is 0.183 e. The summed E-state index contributed by atoms with van der Waals surface area (Å²) in [6, 6.07) is 32.4. The second kappa shape index (κ2) is 25.1. The number of rotatable bonds is 12. The Hall–Kier alpha value is -6.20. The summed E-state index contributed by atoms with van der Waals surface area (Å²) < 4.78 is 39.7. The lowest BCUT2D eigenvalue weighted by Crippen LogP contribution is -2.35. The van der Waals surface area contributed by atoms with Crippen LogP contribution in [-0.4, -0.2) is 102 Å². The fraction of sp³-hybridized carbons (Fsp3) is 0.400. The Bertz CT molecular complexity index is 2460. The molecule has 0 amide bonds. The molecule has 2 heterocycles. The van der Waals surface area contributed by atoms with Gasteiger partial charge in [-0.1, -0.05) is 86.6 Å². The molecule has 0 fully saturated rings. The van der Waals surface area contributed by atoms with Crippen LogP contribution in [0.25, 0.3) is 0 Å². The summed E-state index contributed by atoms with van der Waals surface area (Å²) in [7, 11) is 0. The first-order valence-corrected chi connectivity index (χ1v) is 25.5. The number of carbonyl (C=O) groups is 1. The predicted octanol–water partition coefficient (Wildman–Crippen LogP) is 11.0. The van der Waals surface area contributed by atoms with Gasteiger partial charge in [-0.05, 0) is 120 Å². The van der Waals surface area contributed by atoms with Crippen molar-refractivity contribution in [3.8, 4) is 23.0 Å². The van der Waals surface area contributed by atoms with Crippen LogP contribution >= 0.6 is 0 Å². The normalized spacial score (nSPS) is 16.5. The molecule has 0 N–H and O–H groups in total. The summed E-state index contributed by atoms with van der Waals surface area (Å²) in [5.74, 6) is 3.55. The van der Waals surface area contributed by atoms with E-state index in [0.717, 1.165) is 110 Å². The van der Waals surface area contributed by atoms with Crippen LogP contribution in [-0.2, 0) is 40.0 Å². The Morgan fingerprint density at radius 3 is 1.50 bits per heavy atom. The monoisotopic (exact) mass is 946 g/mol. The third-order valence-electron chi connectivity index (χ3n) is 13.2. The van der Waals surface area contributed by atoms with Crippen molar-refractivity contribution in [2.75, 3.05) is 90.5 Å². The number of nitrogens with zero attached hydrogens (tertiary/aromatic N) is 3. The molecule has 4 aliphatic rings. The van der Waals surface area contributed by atoms with Gasteiger partial charge in [0.1, 0.15) is 36.2 Å². The van der Waals surface area contributed by atoms with Gasteiger partial charge in [0.25, 0.3) is 0 Å². The van der Waals surface area contributed by atoms with Crippen LogP contribution in [0.5, 0.6) is 23.0 Å². The first kappa shape index (κ1) is 50.2. The van der Waals surface area contributed by atoms with Gasteiger partial charge in [0.05, 0.1) is 51.0 Å². The molecule has 5 aromatic carbocycles. The Morgan fingerprint density at radius 2 is 1.06 bits per heavy atom. The molecule has 368 valence electrons. The minimum absolute atomic E-state index is 0.0168. The van der Waals surface area contributed by atoms with Gasteiger partial charge in [-0.3, -0.25) is 9.69 Å². The summed E-state index contributed by atoms with van der Waals surface area (Å²) >= 11 is 0. The number of allylic oxidation sites excluding steroid dienone is 3. The number of hydrogen-bond acceptors (Lipinski definition) is 10. The van der Waals surface area contributed by atoms with E-state index in [9.17, 15) is 4.79 Å². The van der Waals surface area contributed by atoms with E-state index < -0.39 is 0 Å². The van der Waals surface area contributed by atoms with E-state index >= 15 is 0 Å². The zero-order chi connectivity index (χ0) is 48.7. The molecule has 10 bridgehead atoms. The van der Waals surface area contributed by atoms with Gasteiger partial charge < -0.3 is 33.3 Å². The second-order valence-electron chi connectivity index (χ2n) is 18.3. The zero-order valence-electron chi connectivity index (χ0n) is 42.0. The maximum absolute atomic E-state index is 13.4.